The molecule has 6 nitrogen and oxygen atoms in total. The minimum Gasteiger partial charge on any atom is -0.393 e. The summed E-state index contributed by atoms with van der Waals surface area (Å²) in [6.07, 6.45) is 2.95. The molecule has 0 saturated carbocycles. The van der Waals surface area contributed by atoms with E-state index in [9.17, 15) is 14.3 Å². The maximum absolute atomic E-state index is 14.0. The Morgan fingerprint density at radius 2 is 1.91 bits per heavy atom. The van der Waals surface area contributed by atoms with E-state index >= 15 is 0 Å². The lowest BCUT2D eigenvalue weighted by Gasteiger charge is -2.33. The molecule has 184 valence electrons. The number of hydrogen-bond donors (Lipinski definition) is 1. The van der Waals surface area contributed by atoms with E-state index in [1.165, 1.54) is 12.1 Å². The third-order valence-corrected chi connectivity index (χ3v) is 6.99. The van der Waals surface area contributed by atoms with Gasteiger partial charge in [-0.15, -0.1) is 0 Å². The largest absolute Gasteiger partial charge is 0.393 e. The number of piperidine rings is 1. The van der Waals surface area contributed by atoms with E-state index in [-0.39, 0.29) is 23.9 Å². The number of carbonyl (C=O) groups is 1. The lowest BCUT2D eigenvalue weighted by atomic mass is 10.0. The SMILES string of the molecule is Cc1ccc(C(=O)N(Cc2cc3ccc(F)cc3nc2N2CCC(O)CC2)CC2CCCO2)cc1. The topological polar surface area (TPSA) is 65.9 Å². The Labute approximate surface area is 205 Å². The van der Waals surface area contributed by atoms with Crippen LogP contribution in [-0.4, -0.2) is 59.3 Å². The van der Waals surface area contributed by atoms with Gasteiger partial charge in [-0.2, -0.15) is 0 Å². The van der Waals surface area contributed by atoms with Crippen LogP contribution in [0.3, 0.4) is 0 Å². The zero-order chi connectivity index (χ0) is 24.4. The van der Waals surface area contributed by atoms with Crippen LogP contribution in [0.25, 0.3) is 10.9 Å². The molecular formula is C28H32FN3O3. The van der Waals surface area contributed by atoms with Gasteiger partial charge in [-0.05, 0) is 62.9 Å². The monoisotopic (exact) mass is 477 g/mol. The third-order valence-electron chi connectivity index (χ3n) is 6.99. The number of anilines is 1. The summed E-state index contributed by atoms with van der Waals surface area (Å²) in [7, 11) is 0. The summed E-state index contributed by atoms with van der Waals surface area (Å²) in [5.41, 5.74) is 3.25. The first-order valence-corrected chi connectivity index (χ1v) is 12.5. The van der Waals surface area contributed by atoms with Crippen LogP contribution in [0.15, 0.2) is 48.5 Å². The van der Waals surface area contributed by atoms with Gasteiger partial charge in [-0.1, -0.05) is 17.7 Å². The average Bonchev–Trinajstić information content (AvgIpc) is 3.37. The Bertz CT molecular complexity index is 1190. The van der Waals surface area contributed by atoms with Gasteiger partial charge in [0.15, 0.2) is 0 Å². The van der Waals surface area contributed by atoms with Gasteiger partial charge in [0.25, 0.3) is 5.91 Å². The molecule has 2 fully saturated rings. The highest BCUT2D eigenvalue weighted by molar-refractivity contribution is 5.94. The number of aryl methyl sites for hydroxylation is 1. The molecule has 1 N–H and O–H groups in total. The van der Waals surface area contributed by atoms with Crippen LogP contribution in [-0.2, 0) is 11.3 Å². The van der Waals surface area contributed by atoms with Gasteiger partial charge in [0, 0.05) is 55.4 Å². The number of amides is 1. The second-order valence-corrected chi connectivity index (χ2v) is 9.71. The summed E-state index contributed by atoms with van der Waals surface area (Å²) in [6, 6.07) is 14.3. The molecule has 7 heteroatoms. The first-order chi connectivity index (χ1) is 17.0. The second-order valence-electron chi connectivity index (χ2n) is 9.71. The van der Waals surface area contributed by atoms with Crippen LogP contribution in [0.1, 0.15) is 47.2 Å². The Balaban J connectivity index is 1.51. The van der Waals surface area contributed by atoms with E-state index in [1.54, 1.807) is 6.07 Å². The van der Waals surface area contributed by atoms with Gasteiger partial charge in [-0.25, -0.2) is 9.37 Å². The summed E-state index contributed by atoms with van der Waals surface area (Å²) in [5, 5.41) is 10.8. The van der Waals surface area contributed by atoms with E-state index in [0.717, 1.165) is 41.8 Å². The van der Waals surface area contributed by atoms with Crippen molar-refractivity contribution < 1.29 is 19.0 Å². The van der Waals surface area contributed by atoms with E-state index in [2.05, 4.69) is 4.90 Å². The number of aliphatic hydroxyl groups excluding tert-OH is 1. The van der Waals surface area contributed by atoms with Gasteiger partial charge < -0.3 is 19.6 Å². The highest BCUT2D eigenvalue weighted by Gasteiger charge is 2.27. The zero-order valence-electron chi connectivity index (χ0n) is 20.1. The molecule has 2 saturated heterocycles. The molecule has 2 aliphatic rings. The molecule has 0 radical (unpaired) electrons. The zero-order valence-corrected chi connectivity index (χ0v) is 20.1. The van der Waals surface area contributed by atoms with Crippen molar-refractivity contribution in [2.45, 2.75) is 51.4 Å². The smallest absolute Gasteiger partial charge is 0.254 e. The molecule has 2 aromatic carbocycles. The van der Waals surface area contributed by atoms with Crippen molar-refractivity contribution in [2.24, 2.45) is 0 Å². The number of carbonyl (C=O) groups excluding carboxylic acids is 1. The fraction of sp³-hybridized carbons (Fsp3) is 0.429. The maximum atomic E-state index is 14.0. The molecule has 1 amide bonds. The lowest BCUT2D eigenvalue weighted by molar-refractivity contribution is 0.0507. The third kappa shape index (κ3) is 5.46. The van der Waals surface area contributed by atoms with Gasteiger partial charge >= 0.3 is 0 Å². The van der Waals surface area contributed by atoms with Gasteiger partial charge in [0.1, 0.15) is 11.6 Å². The van der Waals surface area contributed by atoms with Gasteiger partial charge in [-0.3, -0.25) is 4.79 Å². The van der Waals surface area contributed by atoms with E-state index in [4.69, 9.17) is 9.72 Å². The van der Waals surface area contributed by atoms with Crippen molar-refractivity contribution in [3.8, 4) is 0 Å². The van der Waals surface area contributed by atoms with E-state index < -0.39 is 0 Å². The molecule has 0 bridgehead atoms. The number of benzene rings is 2. The van der Waals surface area contributed by atoms with Gasteiger partial charge in [0.2, 0.25) is 0 Å². The molecule has 35 heavy (non-hydrogen) atoms. The van der Waals surface area contributed by atoms with E-state index in [1.807, 2.05) is 42.2 Å². The highest BCUT2D eigenvalue weighted by Crippen LogP contribution is 2.29. The molecule has 5 rings (SSSR count). The number of halogens is 1. The van der Waals surface area contributed by atoms with Crippen LogP contribution >= 0.6 is 0 Å². The number of fused-ring (bicyclic) bond motifs is 1. The predicted molar refractivity (Wildman–Crippen MR) is 134 cm³/mol. The van der Waals surface area contributed by atoms with Crippen LogP contribution in [0.4, 0.5) is 10.2 Å². The highest BCUT2D eigenvalue weighted by atomic mass is 19.1. The Morgan fingerprint density at radius 1 is 1.14 bits per heavy atom. The molecule has 3 aromatic rings. The van der Waals surface area contributed by atoms with Crippen molar-refractivity contribution in [3.05, 3.63) is 71.0 Å². The minimum atomic E-state index is -0.327. The molecular weight excluding hydrogens is 445 g/mol. The summed E-state index contributed by atoms with van der Waals surface area (Å²) in [6.45, 7) is 4.94. The standard InChI is InChI=1S/C28H32FN3O3/c1-19-4-6-20(7-5-19)28(34)32(18-25-3-2-14-35-25)17-22-15-21-8-9-23(29)16-26(21)30-27(22)31-12-10-24(33)11-13-31/h4-9,15-16,24-25,33H,2-3,10-14,17-18H2,1H3. The predicted octanol–water partition coefficient (Wildman–Crippen LogP) is 4.46. The van der Waals surface area contributed by atoms with Crippen molar-refractivity contribution in [2.75, 3.05) is 31.1 Å². The van der Waals surface area contributed by atoms with Crippen molar-refractivity contribution in [1.82, 2.24) is 9.88 Å². The van der Waals surface area contributed by atoms with E-state index in [0.29, 0.717) is 50.1 Å². The number of pyridine rings is 1. The fourth-order valence-corrected chi connectivity index (χ4v) is 4.98. The van der Waals surface area contributed by atoms with Crippen LogP contribution in [0.2, 0.25) is 0 Å². The molecule has 1 atom stereocenters. The van der Waals surface area contributed by atoms with Crippen LogP contribution in [0.5, 0.6) is 0 Å². The fourth-order valence-electron chi connectivity index (χ4n) is 4.98. The quantitative estimate of drug-likeness (QED) is 0.568. The number of hydrogen-bond acceptors (Lipinski definition) is 5. The number of ether oxygens (including phenoxy) is 1. The summed E-state index contributed by atoms with van der Waals surface area (Å²) in [4.78, 5) is 22.5. The average molecular weight is 478 g/mol. The molecule has 1 unspecified atom stereocenters. The molecule has 0 aliphatic carbocycles. The number of nitrogens with zero attached hydrogens (tertiary/aromatic N) is 3. The number of rotatable bonds is 6. The Kier molecular flexibility index (Phi) is 6.97. The molecule has 1 aromatic heterocycles. The number of aromatic nitrogens is 1. The van der Waals surface area contributed by atoms with Crippen molar-refractivity contribution in [1.29, 1.82) is 0 Å². The van der Waals surface area contributed by atoms with Gasteiger partial charge in [0.05, 0.1) is 17.7 Å². The molecule has 0 spiro atoms. The first-order valence-electron chi connectivity index (χ1n) is 12.5. The van der Waals surface area contributed by atoms with Crippen molar-refractivity contribution >= 4 is 22.6 Å². The summed E-state index contributed by atoms with van der Waals surface area (Å²) >= 11 is 0. The van der Waals surface area contributed by atoms with Crippen molar-refractivity contribution in [3.63, 3.8) is 0 Å². The summed E-state index contributed by atoms with van der Waals surface area (Å²) in [5.74, 6) is 0.385. The normalized spacial score (nSPS) is 18.8. The lowest BCUT2D eigenvalue weighted by Crippen LogP contribution is -2.39. The summed E-state index contributed by atoms with van der Waals surface area (Å²) < 4.78 is 19.8. The molecule has 3 heterocycles. The van der Waals surface area contributed by atoms with Crippen LogP contribution in [0, 0.1) is 12.7 Å². The first kappa shape index (κ1) is 23.7. The second kappa shape index (κ2) is 10.3. The Hall–Kier alpha value is -3.03. The molecule has 2 aliphatic heterocycles. The Morgan fingerprint density at radius 3 is 2.63 bits per heavy atom. The van der Waals surface area contributed by atoms with Crippen LogP contribution < -0.4 is 4.90 Å². The minimum absolute atomic E-state index is 0.0143. The number of aliphatic hydroxyl groups is 1. The maximum Gasteiger partial charge on any atom is 0.254 e.